The number of fused-ring (bicyclic) bond motifs is 1. The normalized spacial score (nSPS) is 15.3. The Morgan fingerprint density at radius 3 is 2.77 bits per heavy atom. The molecule has 2 heterocycles. The third-order valence-electron chi connectivity index (χ3n) is 4.39. The molecule has 1 N–H and O–H groups in total. The van der Waals surface area contributed by atoms with Crippen molar-refractivity contribution in [3.8, 4) is 6.07 Å². The average molecular weight is 387 g/mol. The molecule has 0 aromatic carbocycles. The SMILES string of the molecule is Cc1csc(NC(=O)C(C)Sc2nc3c(cc2C#N)CCCCCC3)n1. The van der Waals surface area contributed by atoms with E-state index in [1.165, 1.54) is 41.5 Å². The van der Waals surface area contributed by atoms with Crippen LogP contribution >= 0.6 is 23.1 Å². The lowest BCUT2D eigenvalue weighted by atomic mass is 9.96. The predicted molar refractivity (Wildman–Crippen MR) is 106 cm³/mol. The van der Waals surface area contributed by atoms with Crippen molar-refractivity contribution in [2.45, 2.75) is 62.6 Å². The van der Waals surface area contributed by atoms with Crippen LogP contribution in [0.25, 0.3) is 0 Å². The number of thioether (sulfide) groups is 1. The average Bonchev–Trinajstić information content (AvgIpc) is 3.00. The minimum atomic E-state index is -0.356. The largest absolute Gasteiger partial charge is 0.301 e. The minimum absolute atomic E-state index is 0.123. The molecule has 2 aromatic heterocycles. The number of aromatic nitrogens is 2. The van der Waals surface area contributed by atoms with E-state index in [-0.39, 0.29) is 11.2 Å². The maximum Gasteiger partial charge on any atom is 0.239 e. The zero-order valence-corrected chi connectivity index (χ0v) is 16.7. The van der Waals surface area contributed by atoms with Gasteiger partial charge < -0.3 is 5.32 Å². The Kier molecular flexibility index (Phi) is 6.28. The highest BCUT2D eigenvalue weighted by atomic mass is 32.2. The van der Waals surface area contributed by atoms with Crippen LogP contribution in [0.1, 0.15) is 55.1 Å². The van der Waals surface area contributed by atoms with E-state index in [1.54, 1.807) is 0 Å². The van der Waals surface area contributed by atoms with E-state index >= 15 is 0 Å². The summed E-state index contributed by atoms with van der Waals surface area (Å²) in [4.78, 5) is 21.5. The molecule has 0 saturated heterocycles. The molecule has 2 aromatic rings. The highest BCUT2D eigenvalue weighted by Gasteiger charge is 2.20. The molecule has 0 saturated carbocycles. The van der Waals surface area contributed by atoms with Gasteiger partial charge in [-0.15, -0.1) is 11.3 Å². The van der Waals surface area contributed by atoms with Gasteiger partial charge in [-0.3, -0.25) is 4.79 Å². The van der Waals surface area contributed by atoms with Crippen LogP contribution in [0.3, 0.4) is 0 Å². The van der Waals surface area contributed by atoms with Gasteiger partial charge in [0.15, 0.2) is 5.13 Å². The van der Waals surface area contributed by atoms with E-state index < -0.39 is 0 Å². The fourth-order valence-corrected chi connectivity index (χ4v) is 4.56. The van der Waals surface area contributed by atoms with Crippen LogP contribution in [0, 0.1) is 18.3 Å². The molecule has 136 valence electrons. The molecule has 1 atom stereocenters. The summed E-state index contributed by atoms with van der Waals surface area (Å²) in [5.41, 5.74) is 3.75. The van der Waals surface area contributed by atoms with Crippen molar-refractivity contribution in [1.29, 1.82) is 5.26 Å². The molecule has 1 amide bonds. The Morgan fingerprint density at radius 2 is 2.08 bits per heavy atom. The highest BCUT2D eigenvalue weighted by molar-refractivity contribution is 8.00. The van der Waals surface area contributed by atoms with E-state index in [0.29, 0.717) is 15.7 Å². The van der Waals surface area contributed by atoms with Gasteiger partial charge in [-0.2, -0.15) is 5.26 Å². The van der Waals surface area contributed by atoms with Crippen LogP contribution in [0.2, 0.25) is 0 Å². The van der Waals surface area contributed by atoms with Gasteiger partial charge in [-0.25, -0.2) is 9.97 Å². The van der Waals surface area contributed by atoms with Gasteiger partial charge in [0.1, 0.15) is 11.1 Å². The van der Waals surface area contributed by atoms with Crippen LogP contribution in [0.4, 0.5) is 5.13 Å². The van der Waals surface area contributed by atoms with Crippen molar-refractivity contribution in [3.05, 3.63) is 34.0 Å². The lowest BCUT2D eigenvalue weighted by Gasteiger charge is -2.16. The molecule has 0 spiro atoms. The van der Waals surface area contributed by atoms with Gasteiger partial charge in [0.2, 0.25) is 5.91 Å². The summed E-state index contributed by atoms with van der Waals surface area (Å²) in [5.74, 6) is -0.123. The van der Waals surface area contributed by atoms with E-state index in [4.69, 9.17) is 4.98 Å². The van der Waals surface area contributed by atoms with Crippen LogP contribution in [-0.4, -0.2) is 21.1 Å². The highest BCUT2D eigenvalue weighted by Crippen LogP contribution is 2.29. The van der Waals surface area contributed by atoms with Crippen LogP contribution in [0.5, 0.6) is 0 Å². The molecule has 5 nitrogen and oxygen atoms in total. The number of carbonyl (C=O) groups is 1. The predicted octanol–water partition coefficient (Wildman–Crippen LogP) is 4.50. The number of aryl methyl sites for hydroxylation is 3. The van der Waals surface area contributed by atoms with Gasteiger partial charge in [-0.1, -0.05) is 24.6 Å². The molecular weight excluding hydrogens is 364 g/mol. The number of hydrogen-bond acceptors (Lipinski definition) is 6. The lowest BCUT2D eigenvalue weighted by molar-refractivity contribution is -0.115. The number of hydrogen-bond donors (Lipinski definition) is 1. The van der Waals surface area contributed by atoms with Crippen molar-refractivity contribution >= 4 is 34.1 Å². The van der Waals surface area contributed by atoms with Crippen molar-refractivity contribution in [2.75, 3.05) is 5.32 Å². The monoisotopic (exact) mass is 386 g/mol. The first-order valence-corrected chi connectivity index (χ1v) is 10.7. The van der Waals surface area contributed by atoms with Gasteiger partial charge in [0, 0.05) is 11.1 Å². The van der Waals surface area contributed by atoms with E-state index in [9.17, 15) is 10.1 Å². The molecule has 0 aliphatic heterocycles. The van der Waals surface area contributed by atoms with Gasteiger partial charge in [-0.05, 0) is 51.2 Å². The number of pyridine rings is 1. The summed E-state index contributed by atoms with van der Waals surface area (Å²) < 4.78 is 0. The lowest BCUT2D eigenvalue weighted by Crippen LogP contribution is -2.22. The van der Waals surface area contributed by atoms with Crippen LogP contribution < -0.4 is 5.32 Å². The Hall–Kier alpha value is -1.91. The maximum absolute atomic E-state index is 12.4. The first-order chi connectivity index (χ1) is 12.6. The number of nitriles is 1. The van der Waals surface area contributed by atoms with E-state index in [0.717, 1.165) is 37.1 Å². The maximum atomic E-state index is 12.4. The van der Waals surface area contributed by atoms with Crippen LogP contribution in [0.15, 0.2) is 16.5 Å². The van der Waals surface area contributed by atoms with Gasteiger partial charge in [0.05, 0.1) is 16.5 Å². The first-order valence-electron chi connectivity index (χ1n) is 8.89. The zero-order chi connectivity index (χ0) is 18.5. The number of thiazole rings is 1. The summed E-state index contributed by atoms with van der Waals surface area (Å²) in [5, 5.41) is 15.2. The molecule has 3 rings (SSSR count). The number of rotatable bonds is 4. The molecule has 1 unspecified atom stereocenters. The number of nitrogens with zero attached hydrogens (tertiary/aromatic N) is 3. The Morgan fingerprint density at radius 1 is 1.31 bits per heavy atom. The van der Waals surface area contributed by atoms with Crippen molar-refractivity contribution in [1.82, 2.24) is 9.97 Å². The van der Waals surface area contributed by atoms with Gasteiger partial charge >= 0.3 is 0 Å². The second kappa shape index (κ2) is 8.65. The second-order valence-corrected chi connectivity index (χ2v) is 8.70. The molecular formula is C19H22N4OS2. The third kappa shape index (κ3) is 4.63. The molecule has 1 aliphatic rings. The third-order valence-corrected chi connectivity index (χ3v) is 6.37. The summed E-state index contributed by atoms with van der Waals surface area (Å²) in [7, 11) is 0. The molecule has 0 fully saturated rings. The number of amides is 1. The molecule has 0 bridgehead atoms. The second-order valence-electron chi connectivity index (χ2n) is 6.52. The van der Waals surface area contributed by atoms with Crippen molar-refractivity contribution < 1.29 is 4.79 Å². The number of nitrogens with one attached hydrogen (secondary N) is 1. The summed E-state index contributed by atoms with van der Waals surface area (Å²) in [6, 6.07) is 4.23. The van der Waals surface area contributed by atoms with Crippen molar-refractivity contribution in [3.63, 3.8) is 0 Å². The Balaban J connectivity index is 1.76. The Bertz CT molecular complexity index is 841. The quantitative estimate of drug-likeness (QED) is 0.783. The van der Waals surface area contributed by atoms with E-state index in [1.807, 2.05) is 25.3 Å². The summed E-state index contributed by atoms with van der Waals surface area (Å²) >= 11 is 2.76. The zero-order valence-electron chi connectivity index (χ0n) is 15.0. The topological polar surface area (TPSA) is 78.7 Å². The van der Waals surface area contributed by atoms with Crippen LogP contribution in [-0.2, 0) is 17.6 Å². The molecule has 26 heavy (non-hydrogen) atoms. The fraction of sp³-hybridized carbons (Fsp3) is 0.474. The summed E-state index contributed by atoms with van der Waals surface area (Å²) in [6.45, 7) is 3.73. The fourth-order valence-electron chi connectivity index (χ4n) is 2.98. The van der Waals surface area contributed by atoms with E-state index in [2.05, 4.69) is 16.4 Å². The Labute approximate surface area is 162 Å². The first kappa shape index (κ1) is 18.9. The number of anilines is 1. The van der Waals surface area contributed by atoms with Gasteiger partial charge in [0.25, 0.3) is 0 Å². The minimum Gasteiger partial charge on any atom is -0.301 e. The molecule has 1 aliphatic carbocycles. The number of carbonyl (C=O) groups excluding carboxylic acids is 1. The summed E-state index contributed by atoms with van der Waals surface area (Å²) in [6.07, 6.45) is 6.70. The smallest absolute Gasteiger partial charge is 0.239 e. The molecule has 7 heteroatoms. The molecule has 0 radical (unpaired) electrons. The van der Waals surface area contributed by atoms with Crippen molar-refractivity contribution in [2.24, 2.45) is 0 Å². The standard InChI is InChI=1S/C19H22N4OS2/c1-12-11-25-19(21-12)23-17(24)13(2)26-18-15(10-20)9-14-7-5-3-4-6-8-16(14)22-18/h9,11,13H,3-8H2,1-2H3,(H,21,23,24).